The van der Waals surface area contributed by atoms with Gasteiger partial charge in [-0.1, -0.05) is 24.5 Å². The molecule has 0 aliphatic heterocycles. The van der Waals surface area contributed by atoms with Crippen molar-refractivity contribution in [3.8, 4) is 0 Å². The summed E-state index contributed by atoms with van der Waals surface area (Å²) in [6, 6.07) is 0. The second-order valence-electron chi connectivity index (χ2n) is 4.39. The molecule has 1 heteroatoms. The van der Waals surface area contributed by atoms with Crippen molar-refractivity contribution in [2.24, 2.45) is 0 Å². The predicted molar refractivity (Wildman–Crippen MR) is 50.0 cm³/mol. The smallest absolute Gasteiger partial charge is 0.0721 e. The summed E-state index contributed by atoms with van der Waals surface area (Å²) in [6.45, 7) is 2.15. The van der Waals surface area contributed by atoms with E-state index in [4.69, 9.17) is 0 Å². The van der Waals surface area contributed by atoms with Crippen molar-refractivity contribution < 1.29 is 5.11 Å². The Labute approximate surface area is 74.5 Å². The molecule has 0 spiro atoms. The van der Waals surface area contributed by atoms with Crippen LogP contribution in [0.25, 0.3) is 0 Å². The Morgan fingerprint density at radius 2 is 1.83 bits per heavy atom. The maximum Gasteiger partial charge on any atom is 0.0721 e. The molecule has 0 aromatic rings. The SMILES string of the molecule is CCCC1(O)CC2=C(CCC2)C1. The van der Waals surface area contributed by atoms with Crippen LogP contribution in [0.1, 0.15) is 51.9 Å². The van der Waals surface area contributed by atoms with E-state index in [0.29, 0.717) is 0 Å². The lowest BCUT2D eigenvalue weighted by Gasteiger charge is -2.23. The van der Waals surface area contributed by atoms with Gasteiger partial charge in [0.15, 0.2) is 0 Å². The summed E-state index contributed by atoms with van der Waals surface area (Å²) in [4.78, 5) is 0. The molecular formula is C11H18O. The fourth-order valence-corrected chi connectivity index (χ4v) is 2.79. The van der Waals surface area contributed by atoms with Gasteiger partial charge in [-0.05, 0) is 38.5 Å². The molecule has 2 aliphatic carbocycles. The molecular weight excluding hydrogens is 148 g/mol. The van der Waals surface area contributed by atoms with Crippen LogP contribution >= 0.6 is 0 Å². The quantitative estimate of drug-likeness (QED) is 0.625. The van der Waals surface area contributed by atoms with Gasteiger partial charge in [-0.25, -0.2) is 0 Å². The fourth-order valence-electron chi connectivity index (χ4n) is 2.79. The lowest BCUT2D eigenvalue weighted by Crippen LogP contribution is -2.25. The van der Waals surface area contributed by atoms with Crippen LogP contribution in [-0.2, 0) is 0 Å². The zero-order chi connectivity index (χ0) is 8.60. The first-order chi connectivity index (χ1) is 5.73. The van der Waals surface area contributed by atoms with E-state index in [1.807, 2.05) is 0 Å². The van der Waals surface area contributed by atoms with Crippen LogP contribution in [0.2, 0.25) is 0 Å². The first kappa shape index (κ1) is 8.31. The number of aliphatic hydroxyl groups is 1. The molecule has 0 saturated carbocycles. The van der Waals surface area contributed by atoms with Gasteiger partial charge in [0.2, 0.25) is 0 Å². The van der Waals surface area contributed by atoms with Crippen LogP contribution in [0.3, 0.4) is 0 Å². The summed E-state index contributed by atoms with van der Waals surface area (Å²) in [5.41, 5.74) is 2.84. The van der Waals surface area contributed by atoms with Gasteiger partial charge in [0.05, 0.1) is 5.60 Å². The first-order valence-electron chi connectivity index (χ1n) is 5.16. The van der Waals surface area contributed by atoms with Crippen LogP contribution in [-0.4, -0.2) is 10.7 Å². The molecule has 0 aromatic carbocycles. The van der Waals surface area contributed by atoms with Crippen molar-refractivity contribution in [2.45, 2.75) is 57.5 Å². The van der Waals surface area contributed by atoms with E-state index in [1.54, 1.807) is 11.1 Å². The van der Waals surface area contributed by atoms with Crippen molar-refractivity contribution in [1.82, 2.24) is 0 Å². The molecule has 0 aromatic heterocycles. The molecule has 0 radical (unpaired) electrons. The average Bonchev–Trinajstić information content (AvgIpc) is 2.45. The van der Waals surface area contributed by atoms with Gasteiger partial charge < -0.3 is 5.11 Å². The van der Waals surface area contributed by atoms with Crippen molar-refractivity contribution in [2.75, 3.05) is 0 Å². The summed E-state index contributed by atoms with van der Waals surface area (Å²) < 4.78 is 0. The van der Waals surface area contributed by atoms with E-state index < -0.39 is 0 Å². The van der Waals surface area contributed by atoms with E-state index in [0.717, 1.165) is 25.7 Å². The van der Waals surface area contributed by atoms with Crippen molar-refractivity contribution >= 4 is 0 Å². The average molecular weight is 166 g/mol. The second kappa shape index (κ2) is 2.88. The van der Waals surface area contributed by atoms with Gasteiger partial charge in [-0.3, -0.25) is 0 Å². The van der Waals surface area contributed by atoms with E-state index in [1.165, 1.54) is 19.3 Å². The highest BCUT2D eigenvalue weighted by atomic mass is 16.3. The molecule has 0 saturated heterocycles. The topological polar surface area (TPSA) is 20.2 Å². The fraction of sp³-hybridized carbons (Fsp3) is 0.818. The highest BCUT2D eigenvalue weighted by Gasteiger charge is 2.37. The maximum atomic E-state index is 10.2. The second-order valence-corrected chi connectivity index (χ2v) is 4.39. The Morgan fingerprint density at radius 3 is 2.33 bits per heavy atom. The molecule has 2 aliphatic rings. The van der Waals surface area contributed by atoms with E-state index >= 15 is 0 Å². The minimum absolute atomic E-state index is 0.333. The molecule has 0 amide bonds. The summed E-state index contributed by atoms with van der Waals surface area (Å²) in [6.07, 6.45) is 7.93. The van der Waals surface area contributed by atoms with Crippen LogP contribution in [0.4, 0.5) is 0 Å². The van der Waals surface area contributed by atoms with E-state index in [2.05, 4.69) is 6.92 Å². The number of hydrogen-bond donors (Lipinski definition) is 1. The standard InChI is InChI=1S/C11H18O/c1-2-6-11(12)7-9-4-3-5-10(9)8-11/h12H,2-8H2,1H3. The Kier molecular flexibility index (Phi) is 1.99. The molecule has 1 nitrogen and oxygen atoms in total. The van der Waals surface area contributed by atoms with Crippen LogP contribution in [0.5, 0.6) is 0 Å². The minimum Gasteiger partial charge on any atom is -0.389 e. The Balaban J connectivity index is 2.02. The molecule has 2 rings (SSSR count). The summed E-state index contributed by atoms with van der Waals surface area (Å²) in [7, 11) is 0. The first-order valence-corrected chi connectivity index (χ1v) is 5.16. The Bertz CT molecular complexity index is 199. The zero-order valence-corrected chi connectivity index (χ0v) is 7.90. The monoisotopic (exact) mass is 166 g/mol. The lowest BCUT2D eigenvalue weighted by atomic mass is 9.91. The predicted octanol–water partition coefficient (Wildman–Crippen LogP) is 2.79. The Morgan fingerprint density at radius 1 is 1.25 bits per heavy atom. The normalized spacial score (nSPS) is 26.5. The molecule has 0 heterocycles. The maximum absolute atomic E-state index is 10.2. The zero-order valence-electron chi connectivity index (χ0n) is 7.90. The van der Waals surface area contributed by atoms with Crippen molar-refractivity contribution in [3.63, 3.8) is 0 Å². The van der Waals surface area contributed by atoms with Gasteiger partial charge in [-0.15, -0.1) is 0 Å². The molecule has 1 N–H and O–H groups in total. The third kappa shape index (κ3) is 1.31. The molecule has 0 fully saturated rings. The third-order valence-electron chi connectivity index (χ3n) is 3.26. The third-order valence-corrected chi connectivity index (χ3v) is 3.26. The van der Waals surface area contributed by atoms with Crippen molar-refractivity contribution in [3.05, 3.63) is 11.1 Å². The van der Waals surface area contributed by atoms with Gasteiger partial charge >= 0.3 is 0 Å². The highest BCUT2D eigenvalue weighted by Crippen LogP contribution is 2.45. The molecule has 68 valence electrons. The molecule has 0 bridgehead atoms. The Hall–Kier alpha value is -0.300. The minimum atomic E-state index is -0.333. The van der Waals surface area contributed by atoms with Gasteiger partial charge in [0, 0.05) is 0 Å². The van der Waals surface area contributed by atoms with Crippen LogP contribution < -0.4 is 0 Å². The van der Waals surface area contributed by atoms with E-state index in [-0.39, 0.29) is 5.60 Å². The number of hydrogen-bond acceptors (Lipinski definition) is 1. The molecule has 0 unspecified atom stereocenters. The van der Waals surface area contributed by atoms with Gasteiger partial charge in [-0.2, -0.15) is 0 Å². The highest BCUT2D eigenvalue weighted by molar-refractivity contribution is 5.29. The molecule has 0 atom stereocenters. The van der Waals surface area contributed by atoms with Crippen LogP contribution in [0.15, 0.2) is 11.1 Å². The van der Waals surface area contributed by atoms with Crippen molar-refractivity contribution in [1.29, 1.82) is 0 Å². The van der Waals surface area contributed by atoms with Gasteiger partial charge in [0.1, 0.15) is 0 Å². The summed E-state index contributed by atoms with van der Waals surface area (Å²) in [5, 5.41) is 10.2. The summed E-state index contributed by atoms with van der Waals surface area (Å²) >= 11 is 0. The largest absolute Gasteiger partial charge is 0.389 e. The summed E-state index contributed by atoms with van der Waals surface area (Å²) in [5.74, 6) is 0. The van der Waals surface area contributed by atoms with Gasteiger partial charge in [0.25, 0.3) is 0 Å². The lowest BCUT2D eigenvalue weighted by molar-refractivity contribution is 0.0393. The van der Waals surface area contributed by atoms with Crippen LogP contribution in [0, 0.1) is 0 Å². The molecule has 12 heavy (non-hydrogen) atoms. The van der Waals surface area contributed by atoms with E-state index in [9.17, 15) is 5.11 Å². The number of rotatable bonds is 2.